The molecule has 0 aliphatic carbocycles. The molecule has 2 heterocycles. The zero-order valence-electron chi connectivity index (χ0n) is 26.9. The van der Waals surface area contributed by atoms with E-state index in [0.29, 0.717) is 17.5 Å². The molecule has 47 heavy (non-hydrogen) atoms. The molecule has 0 bridgehead atoms. The van der Waals surface area contributed by atoms with Crippen molar-refractivity contribution in [2.45, 2.75) is 38.9 Å². The van der Waals surface area contributed by atoms with Crippen molar-refractivity contribution in [2.75, 3.05) is 0 Å². The van der Waals surface area contributed by atoms with Crippen molar-refractivity contribution in [3.8, 4) is 45.3 Å². The Morgan fingerprint density at radius 2 is 0.809 bits per heavy atom. The second kappa shape index (κ2) is 11.3. The summed E-state index contributed by atoms with van der Waals surface area (Å²) in [5, 5.41) is 4.50. The van der Waals surface area contributed by atoms with E-state index >= 15 is 0 Å². The molecule has 7 aromatic rings. The van der Waals surface area contributed by atoms with Gasteiger partial charge in [0.2, 0.25) is 0 Å². The van der Waals surface area contributed by atoms with Gasteiger partial charge in [0.1, 0.15) is 0 Å². The van der Waals surface area contributed by atoms with Crippen LogP contribution in [0.1, 0.15) is 27.7 Å². The first-order chi connectivity index (χ1) is 22.8. The Balaban J connectivity index is 1.33. The Morgan fingerprint density at radius 3 is 1.30 bits per heavy atom. The summed E-state index contributed by atoms with van der Waals surface area (Å²) in [6.07, 6.45) is 0. The molecule has 0 atom stereocenters. The van der Waals surface area contributed by atoms with Gasteiger partial charge in [0.05, 0.1) is 11.2 Å². The van der Waals surface area contributed by atoms with E-state index in [2.05, 4.69) is 100 Å². The Labute approximate surface area is 275 Å². The van der Waals surface area contributed by atoms with Crippen LogP contribution in [0, 0.1) is 0 Å². The van der Waals surface area contributed by atoms with Gasteiger partial charge in [-0.3, -0.25) is 0 Å². The largest absolute Gasteiger partial charge is 0.496 e. The minimum absolute atomic E-state index is 0.450. The van der Waals surface area contributed by atoms with Crippen molar-refractivity contribution < 1.29 is 9.31 Å². The van der Waals surface area contributed by atoms with Gasteiger partial charge in [0.25, 0.3) is 0 Å². The molecule has 1 aliphatic heterocycles. The average molecular weight is 612 g/mol. The Bertz CT molecular complexity index is 2140. The molecule has 0 amide bonds. The maximum atomic E-state index is 6.64. The van der Waals surface area contributed by atoms with E-state index in [1.807, 2.05) is 60.7 Å². The minimum Gasteiger partial charge on any atom is -0.399 e. The van der Waals surface area contributed by atoms with Crippen LogP contribution in [0.2, 0.25) is 0 Å². The fourth-order valence-corrected chi connectivity index (χ4v) is 6.44. The second-order valence-corrected chi connectivity index (χ2v) is 13.1. The van der Waals surface area contributed by atoms with Gasteiger partial charge in [0, 0.05) is 16.7 Å². The molecular formula is C41H34BN3O2. The first-order valence-corrected chi connectivity index (χ1v) is 16.1. The maximum absolute atomic E-state index is 6.64. The van der Waals surface area contributed by atoms with E-state index in [9.17, 15) is 0 Å². The van der Waals surface area contributed by atoms with Crippen LogP contribution >= 0.6 is 0 Å². The van der Waals surface area contributed by atoms with Crippen LogP contribution in [-0.2, 0) is 9.31 Å². The van der Waals surface area contributed by atoms with Gasteiger partial charge in [-0.15, -0.1) is 0 Å². The van der Waals surface area contributed by atoms with Crippen LogP contribution in [0.15, 0.2) is 133 Å². The highest BCUT2D eigenvalue weighted by molar-refractivity contribution is 6.69. The molecular weight excluding hydrogens is 577 g/mol. The van der Waals surface area contributed by atoms with Gasteiger partial charge >= 0.3 is 7.12 Å². The van der Waals surface area contributed by atoms with Crippen LogP contribution < -0.4 is 5.46 Å². The van der Waals surface area contributed by atoms with Gasteiger partial charge in [-0.05, 0) is 71.9 Å². The third-order valence-corrected chi connectivity index (χ3v) is 9.57. The molecule has 6 aromatic carbocycles. The molecule has 1 aliphatic rings. The van der Waals surface area contributed by atoms with Crippen molar-refractivity contribution in [3.63, 3.8) is 0 Å². The van der Waals surface area contributed by atoms with E-state index in [1.165, 1.54) is 0 Å². The molecule has 0 unspecified atom stereocenters. The van der Waals surface area contributed by atoms with E-state index in [-0.39, 0.29) is 0 Å². The molecule has 8 rings (SSSR count). The predicted octanol–water partition coefficient (Wildman–Crippen LogP) is 9.15. The maximum Gasteiger partial charge on any atom is 0.496 e. The highest BCUT2D eigenvalue weighted by atomic mass is 16.7. The summed E-state index contributed by atoms with van der Waals surface area (Å²) < 4.78 is 13.3. The third-order valence-electron chi connectivity index (χ3n) is 9.57. The van der Waals surface area contributed by atoms with Gasteiger partial charge in [0.15, 0.2) is 17.5 Å². The van der Waals surface area contributed by atoms with Gasteiger partial charge in [-0.1, -0.05) is 127 Å². The lowest BCUT2D eigenvalue weighted by Crippen LogP contribution is -2.41. The predicted molar refractivity (Wildman–Crippen MR) is 192 cm³/mol. The van der Waals surface area contributed by atoms with Crippen LogP contribution in [0.3, 0.4) is 0 Å². The molecule has 1 fully saturated rings. The van der Waals surface area contributed by atoms with E-state index < -0.39 is 18.3 Å². The lowest BCUT2D eigenvalue weighted by molar-refractivity contribution is 0.00578. The quantitative estimate of drug-likeness (QED) is 0.144. The normalized spacial score (nSPS) is 15.4. The van der Waals surface area contributed by atoms with Crippen molar-refractivity contribution in [3.05, 3.63) is 133 Å². The number of nitrogens with zero attached hydrogens (tertiary/aromatic N) is 3. The van der Waals surface area contributed by atoms with Crippen LogP contribution in [-0.4, -0.2) is 33.3 Å². The van der Waals surface area contributed by atoms with Crippen molar-refractivity contribution in [1.29, 1.82) is 0 Å². The molecule has 0 spiro atoms. The monoisotopic (exact) mass is 611 g/mol. The highest BCUT2D eigenvalue weighted by Gasteiger charge is 2.52. The van der Waals surface area contributed by atoms with Crippen molar-refractivity contribution >= 4 is 34.1 Å². The average Bonchev–Trinajstić information content (AvgIpc) is 3.33. The fraction of sp³-hybridized carbons (Fsp3) is 0.146. The van der Waals surface area contributed by atoms with E-state index in [4.69, 9.17) is 24.3 Å². The summed E-state index contributed by atoms with van der Waals surface area (Å²) in [5.41, 5.74) is 5.20. The highest BCUT2D eigenvalue weighted by Crippen LogP contribution is 2.41. The summed E-state index contributed by atoms with van der Waals surface area (Å²) in [4.78, 5) is 14.9. The summed E-state index contributed by atoms with van der Waals surface area (Å²) in [6.45, 7) is 8.41. The molecule has 0 N–H and O–H groups in total. The molecule has 228 valence electrons. The molecule has 1 saturated heterocycles. The van der Waals surface area contributed by atoms with Crippen molar-refractivity contribution in [1.82, 2.24) is 15.0 Å². The summed E-state index contributed by atoms with van der Waals surface area (Å²) >= 11 is 0. The Hall–Kier alpha value is -5.17. The van der Waals surface area contributed by atoms with Gasteiger partial charge in [-0.2, -0.15) is 0 Å². The zero-order valence-corrected chi connectivity index (χ0v) is 26.9. The van der Waals surface area contributed by atoms with E-state index in [1.54, 1.807) is 0 Å². The number of hydrogen-bond acceptors (Lipinski definition) is 5. The van der Waals surface area contributed by atoms with Crippen molar-refractivity contribution in [2.24, 2.45) is 0 Å². The minimum atomic E-state index is -0.492. The summed E-state index contributed by atoms with van der Waals surface area (Å²) in [5.74, 6) is 1.91. The molecule has 6 heteroatoms. The number of rotatable bonds is 5. The molecule has 1 aromatic heterocycles. The molecule has 0 radical (unpaired) electrons. The molecule has 5 nitrogen and oxygen atoms in total. The standard InChI is InChI=1S/C41H34BN3O2/c1-40(2)41(3,4)47-42(46-40)36-33-24-13-11-22-31(33)35(32-23-12-14-25-34(32)36)29-20-15-21-30(26-29)39-44-37(27-16-7-5-8-17-27)43-38(45-39)28-18-9-6-10-19-28/h5-26H,1-4H3. The number of fused-ring (bicyclic) bond motifs is 2. The van der Waals surface area contributed by atoms with Crippen LogP contribution in [0.5, 0.6) is 0 Å². The summed E-state index contributed by atoms with van der Waals surface area (Å²) in [6, 6.07) is 45.8. The Morgan fingerprint density at radius 1 is 0.426 bits per heavy atom. The number of hydrogen-bond donors (Lipinski definition) is 0. The lowest BCUT2D eigenvalue weighted by atomic mass is 9.71. The summed E-state index contributed by atoms with van der Waals surface area (Å²) in [7, 11) is -0.492. The first kappa shape index (κ1) is 29.3. The van der Waals surface area contributed by atoms with E-state index in [0.717, 1.165) is 54.8 Å². The Kier molecular flexibility index (Phi) is 7.01. The smallest absolute Gasteiger partial charge is 0.399 e. The van der Waals surface area contributed by atoms with Crippen LogP contribution in [0.25, 0.3) is 66.8 Å². The van der Waals surface area contributed by atoms with Gasteiger partial charge in [-0.25, -0.2) is 15.0 Å². The first-order valence-electron chi connectivity index (χ1n) is 16.1. The number of benzene rings is 6. The fourth-order valence-electron chi connectivity index (χ4n) is 6.44. The number of aromatic nitrogens is 3. The van der Waals surface area contributed by atoms with Gasteiger partial charge < -0.3 is 9.31 Å². The SMILES string of the molecule is CC1(C)OB(c2c3ccccc3c(-c3cccc(-c4nc(-c5ccccc5)nc(-c5ccccc5)n4)c3)c3ccccc23)OC1(C)C. The topological polar surface area (TPSA) is 57.1 Å². The lowest BCUT2D eigenvalue weighted by Gasteiger charge is -2.32. The van der Waals surface area contributed by atoms with Crippen LogP contribution in [0.4, 0.5) is 0 Å². The molecule has 0 saturated carbocycles. The zero-order chi connectivity index (χ0) is 32.2. The second-order valence-electron chi connectivity index (χ2n) is 13.1. The third kappa shape index (κ3) is 5.11.